The summed E-state index contributed by atoms with van der Waals surface area (Å²) in [5.41, 5.74) is 0.993. The van der Waals surface area contributed by atoms with Gasteiger partial charge in [0.2, 0.25) is 0 Å². The Morgan fingerprint density at radius 3 is 2.60 bits per heavy atom. The fourth-order valence-corrected chi connectivity index (χ4v) is 2.76. The van der Waals surface area contributed by atoms with Crippen molar-refractivity contribution in [1.29, 1.82) is 0 Å². The van der Waals surface area contributed by atoms with Crippen molar-refractivity contribution in [2.24, 2.45) is 0 Å². The molecule has 7 heteroatoms. The van der Waals surface area contributed by atoms with Gasteiger partial charge < -0.3 is 25.2 Å². The molecule has 1 fully saturated rings. The molecule has 1 aliphatic rings. The minimum atomic E-state index is -0.946. The molecule has 1 saturated heterocycles. The summed E-state index contributed by atoms with van der Waals surface area (Å²) in [6.45, 7) is 3.34. The Kier molecular flexibility index (Phi) is 7.69. The Morgan fingerprint density at radius 1 is 1.28 bits per heavy atom. The third kappa shape index (κ3) is 6.72. The second-order valence-corrected chi connectivity index (χ2v) is 6.11. The molecule has 0 radical (unpaired) electrons. The summed E-state index contributed by atoms with van der Waals surface area (Å²) < 4.78 is 11.6. The molecule has 0 bridgehead atoms. The van der Waals surface area contributed by atoms with Gasteiger partial charge in [-0.25, -0.2) is 4.79 Å². The first kappa shape index (κ1) is 19.2. The first-order chi connectivity index (χ1) is 12.1. The summed E-state index contributed by atoms with van der Waals surface area (Å²) in [5.74, 6) is -0.946. The predicted molar refractivity (Wildman–Crippen MR) is 92.4 cm³/mol. The van der Waals surface area contributed by atoms with E-state index in [1.807, 2.05) is 37.3 Å². The maximum absolute atomic E-state index is 12.0. The lowest BCUT2D eigenvalue weighted by atomic mass is 10.0. The van der Waals surface area contributed by atoms with Crippen LogP contribution >= 0.6 is 0 Å². The highest BCUT2D eigenvalue weighted by atomic mass is 16.5. The molecule has 2 atom stereocenters. The second kappa shape index (κ2) is 10.0. The highest BCUT2D eigenvalue weighted by Gasteiger charge is 2.26. The number of urea groups is 1. The molecular weight excluding hydrogens is 324 g/mol. The Hall–Kier alpha value is -2.12. The van der Waals surface area contributed by atoms with Crippen LogP contribution in [-0.4, -0.2) is 49.0 Å². The fraction of sp³-hybridized carbons (Fsp3) is 0.556. The van der Waals surface area contributed by atoms with Crippen LogP contribution in [0.25, 0.3) is 0 Å². The van der Waals surface area contributed by atoms with Crippen molar-refractivity contribution in [2.75, 3.05) is 19.8 Å². The van der Waals surface area contributed by atoms with Crippen LogP contribution in [0.5, 0.6) is 0 Å². The second-order valence-electron chi connectivity index (χ2n) is 6.11. The van der Waals surface area contributed by atoms with E-state index in [4.69, 9.17) is 14.6 Å². The van der Waals surface area contributed by atoms with Crippen molar-refractivity contribution in [1.82, 2.24) is 10.6 Å². The third-order valence-corrected chi connectivity index (χ3v) is 4.07. The average molecular weight is 350 g/mol. The zero-order chi connectivity index (χ0) is 18.1. The summed E-state index contributed by atoms with van der Waals surface area (Å²) >= 11 is 0. The number of amides is 2. The molecular formula is C18H26N2O5. The molecule has 2 unspecified atom stereocenters. The van der Waals surface area contributed by atoms with E-state index in [0.717, 1.165) is 18.4 Å². The molecule has 3 N–H and O–H groups in total. The van der Waals surface area contributed by atoms with Crippen LogP contribution < -0.4 is 10.6 Å². The topological polar surface area (TPSA) is 96.9 Å². The van der Waals surface area contributed by atoms with Gasteiger partial charge in [0.05, 0.1) is 18.6 Å². The summed E-state index contributed by atoms with van der Waals surface area (Å²) in [7, 11) is 0. The van der Waals surface area contributed by atoms with Gasteiger partial charge in [0, 0.05) is 19.8 Å². The summed E-state index contributed by atoms with van der Waals surface area (Å²) in [6, 6.07) is 9.10. The van der Waals surface area contributed by atoms with E-state index in [-0.39, 0.29) is 31.2 Å². The number of carbonyl (C=O) groups is 2. The van der Waals surface area contributed by atoms with Gasteiger partial charge in [-0.05, 0) is 25.3 Å². The molecule has 2 amide bonds. The largest absolute Gasteiger partial charge is 0.481 e. The molecule has 1 aromatic carbocycles. The number of hydrogen-bond donors (Lipinski definition) is 3. The van der Waals surface area contributed by atoms with Crippen molar-refractivity contribution < 1.29 is 24.2 Å². The smallest absolute Gasteiger partial charge is 0.315 e. The minimum Gasteiger partial charge on any atom is -0.481 e. The molecule has 0 aromatic heterocycles. The standard InChI is InChI=1S/C18H26N2O5/c1-13(20-18(23)19-10-7-16(21)22)17(14-5-3-2-4-6-14)25-15-8-11-24-12-9-15/h2-6,13,15,17H,7-12H2,1H3,(H,21,22)(H2,19,20,23). The Bertz CT molecular complexity index is 546. The van der Waals surface area contributed by atoms with Crippen molar-refractivity contribution in [3.8, 4) is 0 Å². The Labute approximate surface area is 147 Å². The van der Waals surface area contributed by atoms with Crippen LogP contribution in [0.3, 0.4) is 0 Å². The molecule has 2 rings (SSSR count). The number of aliphatic carboxylic acids is 1. The minimum absolute atomic E-state index is 0.0880. The maximum atomic E-state index is 12.0. The van der Waals surface area contributed by atoms with Gasteiger partial charge in [0.15, 0.2) is 0 Å². The predicted octanol–water partition coefficient (Wildman–Crippen LogP) is 2.09. The Morgan fingerprint density at radius 2 is 1.96 bits per heavy atom. The summed E-state index contributed by atoms with van der Waals surface area (Å²) in [5, 5.41) is 14.0. The van der Waals surface area contributed by atoms with Crippen LogP contribution in [0.1, 0.15) is 37.9 Å². The molecule has 0 aliphatic carbocycles. The van der Waals surface area contributed by atoms with Crippen LogP contribution in [-0.2, 0) is 14.3 Å². The lowest BCUT2D eigenvalue weighted by molar-refractivity contribution is -0.136. The van der Waals surface area contributed by atoms with Gasteiger partial charge in [-0.2, -0.15) is 0 Å². The number of rotatable bonds is 8. The molecule has 1 aliphatic heterocycles. The van der Waals surface area contributed by atoms with E-state index in [2.05, 4.69) is 10.6 Å². The molecule has 0 spiro atoms. The van der Waals surface area contributed by atoms with Crippen molar-refractivity contribution in [3.05, 3.63) is 35.9 Å². The van der Waals surface area contributed by atoms with Gasteiger partial charge in [-0.15, -0.1) is 0 Å². The van der Waals surface area contributed by atoms with Gasteiger partial charge in [0.1, 0.15) is 6.10 Å². The van der Waals surface area contributed by atoms with E-state index in [1.54, 1.807) is 0 Å². The van der Waals surface area contributed by atoms with Gasteiger partial charge in [0.25, 0.3) is 0 Å². The van der Waals surface area contributed by atoms with E-state index >= 15 is 0 Å². The van der Waals surface area contributed by atoms with Crippen molar-refractivity contribution >= 4 is 12.0 Å². The highest BCUT2D eigenvalue weighted by molar-refractivity contribution is 5.75. The van der Waals surface area contributed by atoms with Crippen LogP contribution in [0.2, 0.25) is 0 Å². The van der Waals surface area contributed by atoms with Gasteiger partial charge >= 0.3 is 12.0 Å². The van der Waals surface area contributed by atoms with Gasteiger partial charge in [-0.1, -0.05) is 30.3 Å². The van der Waals surface area contributed by atoms with E-state index in [0.29, 0.717) is 13.2 Å². The number of ether oxygens (including phenoxy) is 2. The van der Waals surface area contributed by atoms with Crippen LogP contribution in [0.15, 0.2) is 30.3 Å². The van der Waals surface area contributed by atoms with Gasteiger partial charge in [-0.3, -0.25) is 4.79 Å². The van der Waals surface area contributed by atoms with E-state index in [1.165, 1.54) is 0 Å². The first-order valence-corrected chi connectivity index (χ1v) is 8.60. The van der Waals surface area contributed by atoms with E-state index in [9.17, 15) is 9.59 Å². The lowest BCUT2D eigenvalue weighted by Crippen LogP contribution is -2.45. The first-order valence-electron chi connectivity index (χ1n) is 8.60. The molecule has 1 heterocycles. The molecule has 138 valence electrons. The number of nitrogens with one attached hydrogen (secondary N) is 2. The van der Waals surface area contributed by atoms with E-state index < -0.39 is 12.0 Å². The highest BCUT2D eigenvalue weighted by Crippen LogP contribution is 2.26. The third-order valence-electron chi connectivity index (χ3n) is 4.07. The number of carboxylic acids is 1. The SMILES string of the molecule is CC(NC(=O)NCCC(=O)O)C(OC1CCOCC1)c1ccccc1. The number of hydrogen-bond acceptors (Lipinski definition) is 4. The maximum Gasteiger partial charge on any atom is 0.315 e. The van der Waals surface area contributed by atoms with Crippen molar-refractivity contribution in [3.63, 3.8) is 0 Å². The van der Waals surface area contributed by atoms with Crippen molar-refractivity contribution in [2.45, 2.75) is 44.4 Å². The van der Waals surface area contributed by atoms with Crippen LogP contribution in [0.4, 0.5) is 4.79 Å². The number of carbonyl (C=O) groups excluding carboxylic acids is 1. The molecule has 1 aromatic rings. The fourth-order valence-electron chi connectivity index (χ4n) is 2.76. The van der Waals surface area contributed by atoms with Crippen LogP contribution in [0, 0.1) is 0 Å². The quantitative estimate of drug-likeness (QED) is 0.667. The Balaban J connectivity index is 1.96. The molecule has 0 saturated carbocycles. The molecule has 7 nitrogen and oxygen atoms in total. The number of carboxylic acid groups (broad SMARTS) is 1. The number of benzene rings is 1. The zero-order valence-electron chi connectivity index (χ0n) is 14.4. The average Bonchev–Trinajstić information content (AvgIpc) is 2.61. The molecule has 25 heavy (non-hydrogen) atoms. The normalized spacial score (nSPS) is 17.5. The monoisotopic (exact) mass is 350 g/mol. The summed E-state index contributed by atoms with van der Waals surface area (Å²) in [4.78, 5) is 22.5. The zero-order valence-corrected chi connectivity index (χ0v) is 14.4. The lowest BCUT2D eigenvalue weighted by Gasteiger charge is -2.31. The summed E-state index contributed by atoms with van der Waals surface area (Å²) in [6.07, 6.45) is 1.37.